The van der Waals surface area contributed by atoms with Gasteiger partial charge in [-0.25, -0.2) is 14.6 Å². The van der Waals surface area contributed by atoms with E-state index in [2.05, 4.69) is 46.3 Å². The summed E-state index contributed by atoms with van der Waals surface area (Å²) < 4.78 is 1.62. The maximum atomic E-state index is 8.69. The molecule has 0 radical (unpaired) electrons. The van der Waals surface area contributed by atoms with Gasteiger partial charge in [0.1, 0.15) is 17.4 Å². The van der Waals surface area contributed by atoms with Crippen LogP contribution in [0.3, 0.4) is 0 Å². The second kappa shape index (κ2) is 5.23. The highest BCUT2D eigenvalue weighted by atomic mass is 32.1. The van der Waals surface area contributed by atoms with Crippen molar-refractivity contribution in [3.8, 4) is 16.6 Å². The van der Waals surface area contributed by atoms with Crippen LogP contribution in [-0.4, -0.2) is 19.7 Å². The Balaban J connectivity index is 1.80. The normalized spacial score (nSPS) is 10.4. The highest BCUT2D eigenvalue weighted by molar-refractivity contribution is 7.13. The Hall–Kier alpha value is -2.52. The van der Waals surface area contributed by atoms with Crippen molar-refractivity contribution in [2.45, 2.75) is 13.5 Å². The van der Waals surface area contributed by atoms with Gasteiger partial charge in [-0.3, -0.25) is 0 Å². The largest absolute Gasteiger partial charge is 0.252 e. The molecule has 5 nitrogen and oxygen atoms in total. The van der Waals surface area contributed by atoms with Gasteiger partial charge in [0.15, 0.2) is 0 Å². The number of benzene rings is 1. The maximum absolute atomic E-state index is 8.69. The van der Waals surface area contributed by atoms with Crippen molar-refractivity contribution in [1.29, 1.82) is 5.26 Å². The fourth-order valence-corrected chi connectivity index (χ4v) is 2.61. The van der Waals surface area contributed by atoms with E-state index in [0.29, 0.717) is 6.54 Å². The SMILES string of the molecule is Cc1ccc(-c2nc(Cn3cnc(C#N)n3)cs2)cc1. The van der Waals surface area contributed by atoms with E-state index in [9.17, 15) is 0 Å². The summed E-state index contributed by atoms with van der Waals surface area (Å²) in [6, 6.07) is 10.2. The lowest BCUT2D eigenvalue weighted by molar-refractivity contribution is 0.672. The molecule has 6 heteroatoms. The number of aromatic nitrogens is 4. The van der Waals surface area contributed by atoms with Gasteiger partial charge in [0, 0.05) is 10.9 Å². The van der Waals surface area contributed by atoms with Crippen molar-refractivity contribution in [3.05, 3.63) is 53.1 Å². The monoisotopic (exact) mass is 281 g/mol. The quantitative estimate of drug-likeness (QED) is 0.740. The van der Waals surface area contributed by atoms with E-state index < -0.39 is 0 Å². The minimum absolute atomic E-state index is 0.180. The van der Waals surface area contributed by atoms with Crippen LogP contribution < -0.4 is 0 Å². The third-order valence-electron chi connectivity index (χ3n) is 2.81. The van der Waals surface area contributed by atoms with E-state index in [-0.39, 0.29) is 5.82 Å². The molecule has 98 valence electrons. The number of rotatable bonds is 3. The zero-order chi connectivity index (χ0) is 13.9. The van der Waals surface area contributed by atoms with Gasteiger partial charge in [-0.2, -0.15) is 5.26 Å². The zero-order valence-corrected chi connectivity index (χ0v) is 11.6. The van der Waals surface area contributed by atoms with Crippen LogP contribution >= 0.6 is 11.3 Å². The molecule has 0 atom stereocenters. The first-order valence-electron chi connectivity index (χ1n) is 6.05. The van der Waals surface area contributed by atoms with Gasteiger partial charge in [0.25, 0.3) is 5.82 Å². The first-order chi connectivity index (χ1) is 9.74. The average molecular weight is 281 g/mol. The predicted octanol–water partition coefficient (Wildman–Crippen LogP) is 2.63. The van der Waals surface area contributed by atoms with E-state index in [4.69, 9.17) is 5.26 Å². The summed E-state index contributed by atoms with van der Waals surface area (Å²) >= 11 is 1.60. The third kappa shape index (κ3) is 2.58. The Morgan fingerprint density at radius 3 is 2.80 bits per heavy atom. The third-order valence-corrected chi connectivity index (χ3v) is 3.75. The Bertz CT molecular complexity index is 763. The smallest absolute Gasteiger partial charge is 0.246 e. The molecule has 0 saturated heterocycles. The van der Waals surface area contributed by atoms with E-state index in [1.807, 2.05) is 11.4 Å². The number of hydrogen-bond donors (Lipinski definition) is 0. The fraction of sp³-hybridized carbons (Fsp3) is 0.143. The molecule has 0 aliphatic heterocycles. The van der Waals surface area contributed by atoms with Gasteiger partial charge >= 0.3 is 0 Å². The van der Waals surface area contributed by atoms with E-state index >= 15 is 0 Å². The molecule has 0 bridgehead atoms. The lowest BCUT2D eigenvalue weighted by Crippen LogP contribution is -2.00. The van der Waals surface area contributed by atoms with E-state index in [1.165, 1.54) is 5.56 Å². The Morgan fingerprint density at radius 1 is 1.30 bits per heavy atom. The minimum atomic E-state index is 0.180. The second-order valence-electron chi connectivity index (χ2n) is 4.39. The zero-order valence-electron chi connectivity index (χ0n) is 10.8. The van der Waals surface area contributed by atoms with Gasteiger partial charge < -0.3 is 0 Å². The molecule has 2 heterocycles. The van der Waals surface area contributed by atoms with Crippen molar-refractivity contribution < 1.29 is 0 Å². The van der Waals surface area contributed by atoms with Crippen LogP contribution in [0, 0.1) is 18.3 Å². The lowest BCUT2D eigenvalue weighted by atomic mass is 10.2. The number of hydrogen-bond acceptors (Lipinski definition) is 5. The van der Waals surface area contributed by atoms with Crippen LogP contribution in [0.4, 0.5) is 0 Å². The Labute approximate surface area is 120 Å². The molecule has 3 aromatic rings. The molecule has 0 unspecified atom stereocenters. The summed E-state index contributed by atoms with van der Waals surface area (Å²) in [5.41, 5.74) is 3.26. The molecular formula is C14H11N5S. The summed E-state index contributed by atoms with van der Waals surface area (Å²) in [6.45, 7) is 2.59. The predicted molar refractivity (Wildman–Crippen MR) is 76.1 cm³/mol. The van der Waals surface area contributed by atoms with E-state index in [0.717, 1.165) is 16.3 Å². The van der Waals surface area contributed by atoms with Crippen LogP contribution in [0.15, 0.2) is 36.0 Å². The first-order valence-corrected chi connectivity index (χ1v) is 6.93. The second-order valence-corrected chi connectivity index (χ2v) is 5.25. The Morgan fingerprint density at radius 2 is 2.10 bits per heavy atom. The fourth-order valence-electron chi connectivity index (χ4n) is 1.80. The highest BCUT2D eigenvalue weighted by Crippen LogP contribution is 2.24. The van der Waals surface area contributed by atoms with Crippen molar-refractivity contribution in [3.63, 3.8) is 0 Å². The summed E-state index contributed by atoms with van der Waals surface area (Å²) in [7, 11) is 0. The molecule has 2 aromatic heterocycles. The summed E-state index contributed by atoms with van der Waals surface area (Å²) in [6.07, 6.45) is 1.55. The molecule has 1 aromatic carbocycles. The van der Waals surface area contributed by atoms with Crippen LogP contribution in [-0.2, 0) is 6.54 Å². The van der Waals surface area contributed by atoms with E-state index in [1.54, 1.807) is 22.3 Å². The molecule has 0 N–H and O–H groups in total. The van der Waals surface area contributed by atoms with Gasteiger partial charge in [0.05, 0.1) is 12.2 Å². The van der Waals surface area contributed by atoms with Crippen molar-refractivity contribution >= 4 is 11.3 Å². The topological polar surface area (TPSA) is 67.4 Å². The first kappa shape index (κ1) is 12.5. The molecule has 0 aliphatic carbocycles. The molecule has 3 rings (SSSR count). The lowest BCUT2D eigenvalue weighted by Gasteiger charge is -1.97. The summed E-state index contributed by atoms with van der Waals surface area (Å²) in [5.74, 6) is 0.180. The molecule has 0 fully saturated rings. The molecule has 0 aliphatic rings. The number of nitriles is 1. The number of thiazole rings is 1. The molecule has 0 saturated carbocycles. The molecular weight excluding hydrogens is 270 g/mol. The number of nitrogens with zero attached hydrogens (tertiary/aromatic N) is 5. The van der Waals surface area contributed by atoms with Crippen molar-refractivity contribution in [2.24, 2.45) is 0 Å². The minimum Gasteiger partial charge on any atom is -0.246 e. The Kier molecular flexibility index (Phi) is 3.27. The van der Waals surface area contributed by atoms with Gasteiger partial charge in [-0.1, -0.05) is 29.8 Å². The van der Waals surface area contributed by atoms with Gasteiger partial charge in [-0.15, -0.1) is 16.4 Å². The van der Waals surface area contributed by atoms with Crippen molar-refractivity contribution in [1.82, 2.24) is 19.7 Å². The molecule has 0 spiro atoms. The maximum Gasteiger partial charge on any atom is 0.252 e. The van der Waals surface area contributed by atoms with Crippen LogP contribution in [0.1, 0.15) is 17.1 Å². The molecule has 20 heavy (non-hydrogen) atoms. The number of aryl methyl sites for hydroxylation is 1. The van der Waals surface area contributed by atoms with Crippen LogP contribution in [0.25, 0.3) is 10.6 Å². The van der Waals surface area contributed by atoms with Crippen LogP contribution in [0.5, 0.6) is 0 Å². The van der Waals surface area contributed by atoms with Gasteiger partial charge in [-0.05, 0) is 6.92 Å². The standard InChI is InChI=1S/C14H11N5S/c1-10-2-4-11(5-3-10)14-17-12(8-20-14)7-19-9-16-13(6-15)18-19/h2-5,8-9H,7H2,1H3. The summed E-state index contributed by atoms with van der Waals surface area (Å²) in [4.78, 5) is 8.46. The average Bonchev–Trinajstić information content (AvgIpc) is 3.09. The summed E-state index contributed by atoms with van der Waals surface area (Å²) in [5, 5.41) is 15.7. The van der Waals surface area contributed by atoms with Crippen molar-refractivity contribution in [2.75, 3.05) is 0 Å². The molecule has 0 amide bonds. The highest BCUT2D eigenvalue weighted by Gasteiger charge is 2.06. The van der Waals surface area contributed by atoms with Gasteiger partial charge in [0.2, 0.25) is 0 Å². The van der Waals surface area contributed by atoms with Crippen LogP contribution in [0.2, 0.25) is 0 Å².